The summed E-state index contributed by atoms with van der Waals surface area (Å²) in [6, 6.07) is 5.46. The topological polar surface area (TPSA) is 83.0 Å². The van der Waals surface area contributed by atoms with Crippen LogP contribution in [0, 0.1) is 5.92 Å². The van der Waals surface area contributed by atoms with Crippen LogP contribution in [-0.2, 0) is 23.5 Å². The number of aromatic nitrogens is 4. The van der Waals surface area contributed by atoms with Gasteiger partial charge in [0.25, 0.3) is 0 Å². The van der Waals surface area contributed by atoms with Crippen molar-refractivity contribution < 1.29 is 14.1 Å². The Bertz CT molecular complexity index is 932. The number of hydrogen-bond acceptors (Lipinski definition) is 7. The minimum absolute atomic E-state index is 0.330. The van der Waals surface area contributed by atoms with Crippen LogP contribution in [0.2, 0.25) is 0 Å². The Hall–Kier alpha value is -2.35. The van der Waals surface area contributed by atoms with Gasteiger partial charge >= 0.3 is 5.97 Å². The predicted octanol–water partition coefficient (Wildman–Crippen LogP) is 4.11. The average Bonchev–Trinajstić information content (AvgIpc) is 3.22. The number of hydrogen-bond donors (Lipinski definition) is 0. The van der Waals surface area contributed by atoms with E-state index < -0.39 is 0 Å². The maximum Gasteiger partial charge on any atom is 0.338 e. The minimum Gasteiger partial charge on any atom is -0.462 e. The Balaban J connectivity index is 1.79. The maximum atomic E-state index is 11.9. The number of carbonyl (C=O) groups is 1. The fourth-order valence-corrected chi connectivity index (χ4v) is 3.70. The Morgan fingerprint density at radius 1 is 1.30 bits per heavy atom. The Kier molecular flexibility index (Phi) is 6.15. The lowest BCUT2D eigenvalue weighted by Gasteiger charge is -2.05. The van der Waals surface area contributed by atoms with E-state index in [1.807, 2.05) is 6.07 Å². The Morgan fingerprint density at radius 2 is 2.11 bits per heavy atom. The smallest absolute Gasteiger partial charge is 0.338 e. The zero-order valence-electron chi connectivity index (χ0n) is 16.1. The molecule has 0 aliphatic carbocycles. The highest BCUT2D eigenvalue weighted by molar-refractivity contribution is 7.98. The number of benzene rings is 1. The third kappa shape index (κ3) is 4.50. The molecule has 0 aliphatic heterocycles. The molecule has 2 aromatic heterocycles. The van der Waals surface area contributed by atoms with Crippen LogP contribution in [-0.4, -0.2) is 32.3 Å². The van der Waals surface area contributed by atoms with Crippen molar-refractivity contribution in [1.29, 1.82) is 0 Å². The van der Waals surface area contributed by atoms with E-state index in [-0.39, 0.29) is 5.97 Å². The van der Waals surface area contributed by atoms with Crippen LogP contribution < -0.4 is 0 Å². The molecular weight excluding hydrogens is 364 g/mol. The summed E-state index contributed by atoms with van der Waals surface area (Å²) in [5, 5.41) is 4.88. The van der Waals surface area contributed by atoms with Gasteiger partial charge in [-0.3, -0.25) is 0 Å². The van der Waals surface area contributed by atoms with E-state index in [0.29, 0.717) is 29.7 Å². The van der Waals surface area contributed by atoms with Gasteiger partial charge in [0.1, 0.15) is 0 Å². The second-order valence-electron chi connectivity index (χ2n) is 6.55. The lowest BCUT2D eigenvalue weighted by molar-refractivity contribution is 0.0526. The molecule has 0 radical (unpaired) electrons. The normalized spacial score (nSPS) is 11.4. The molecule has 3 aromatic rings. The van der Waals surface area contributed by atoms with Gasteiger partial charge in [-0.15, -0.1) is 0 Å². The first-order valence-corrected chi connectivity index (χ1v) is 10.1. The number of ether oxygens (including phenoxy) is 1. The van der Waals surface area contributed by atoms with Crippen LogP contribution in [0.25, 0.3) is 11.0 Å². The van der Waals surface area contributed by atoms with Crippen molar-refractivity contribution >= 4 is 28.8 Å². The zero-order valence-corrected chi connectivity index (χ0v) is 16.9. The lowest BCUT2D eigenvalue weighted by Crippen LogP contribution is -2.04. The first kappa shape index (κ1) is 19.4. The Labute approximate surface area is 162 Å². The first-order chi connectivity index (χ1) is 13.0. The van der Waals surface area contributed by atoms with Crippen LogP contribution in [0.4, 0.5) is 0 Å². The SMILES string of the molecule is CCOC(=O)c1ccc2c(c1)nc(SCc1nc(CC(C)C)no1)n2CC. The zero-order chi connectivity index (χ0) is 19.4. The van der Waals surface area contributed by atoms with Crippen molar-refractivity contribution in [2.75, 3.05) is 6.61 Å². The van der Waals surface area contributed by atoms with Gasteiger partial charge in [-0.2, -0.15) is 4.98 Å². The first-order valence-electron chi connectivity index (χ1n) is 9.13. The molecule has 0 saturated heterocycles. The monoisotopic (exact) mass is 388 g/mol. The highest BCUT2D eigenvalue weighted by Crippen LogP contribution is 2.27. The van der Waals surface area contributed by atoms with E-state index in [1.54, 1.807) is 30.8 Å². The van der Waals surface area contributed by atoms with Crippen LogP contribution in [0.5, 0.6) is 0 Å². The Morgan fingerprint density at radius 3 is 2.81 bits per heavy atom. The van der Waals surface area contributed by atoms with E-state index in [1.165, 1.54) is 0 Å². The summed E-state index contributed by atoms with van der Waals surface area (Å²) in [6.45, 7) is 9.24. The minimum atomic E-state index is -0.330. The number of nitrogens with zero attached hydrogens (tertiary/aromatic N) is 4. The molecule has 0 saturated carbocycles. The molecule has 0 atom stereocenters. The molecule has 2 heterocycles. The summed E-state index contributed by atoms with van der Waals surface area (Å²) in [7, 11) is 0. The molecule has 1 aromatic carbocycles. The largest absolute Gasteiger partial charge is 0.462 e. The van der Waals surface area contributed by atoms with Crippen LogP contribution in [0.3, 0.4) is 0 Å². The molecule has 8 heteroatoms. The number of thioether (sulfide) groups is 1. The molecule has 0 aliphatic rings. The summed E-state index contributed by atoms with van der Waals surface area (Å²) in [5.74, 6) is 2.05. The number of aryl methyl sites for hydroxylation is 1. The van der Waals surface area contributed by atoms with E-state index in [9.17, 15) is 4.79 Å². The van der Waals surface area contributed by atoms with Gasteiger partial charge in [-0.1, -0.05) is 30.8 Å². The quantitative estimate of drug-likeness (QED) is 0.424. The molecule has 0 spiro atoms. The third-order valence-corrected chi connectivity index (χ3v) is 4.93. The number of imidazole rings is 1. The van der Waals surface area contributed by atoms with Gasteiger partial charge in [0.15, 0.2) is 11.0 Å². The van der Waals surface area contributed by atoms with E-state index >= 15 is 0 Å². The van der Waals surface area contributed by atoms with Gasteiger partial charge in [-0.25, -0.2) is 9.78 Å². The average molecular weight is 388 g/mol. The van der Waals surface area contributed by atoms with Crippen molar-refractivity contribution in [2.24, 2.45) is 5.92 Å². The molecule has 7 nitrogen and oxygen atoms in total. The maximum absolute atomic E-state index is 11.9. The standard InChI is InChI=1S/C19H24N4O3S/c1-5-23-15-8-7-13(18(24)25-6-2)10-14(15)20-19(23)27-11-17-21-16(22-26-17)9-12(3)4/h7-8,10,12H,5-6,9,11H2,1-4H3. The van der Waals surface area contributed by atoms with Crippen LogP contribution in [0.1, 0.15) is 49.8 Å². The van der Waals surface area contributed by atoms with E-state index in [4.69, 9.17) is 9.26 Å². The van der Waals surface area contributed by atoms with Gasteiger partial charge in [-0.05, 0) is 38.0 Å². The fraction of sp³-hybridized carbons (Fsp3) is 0.474. The second-order valence-corrected chi connectivity index (χ2v) is 7.50. The molecule has 144 valence electrons. The molecule has 27 heavy (non-hydrogen) atoms. The fourth-order valence-electron chi connectivity index (χ4n) is 2.79. The number of fused-ring (bicyclic) bond motifs is 1. The summed E-state index contributed by atoms with van der Waals surface area (Å²) in [5.41, 5.74) is 2.27. The van der Waals surface area contributed by atoms with Crippen LogP contribution >= 0.6 is 11.8 Å². The predicted molar refractivity (Wildman–Crippen MR) is 104 cm³/mol. The van der Waals surface area contributed by atoms with Gasteiger partial charge in [0, 0.05) is 13.0 Å². The lowest BCUT2D eigenvalue weighted by atomic mass is 10.1. The summed E-state index contributed by atoms with van der Waals surface area (Å²) < 4.78 is 12.5. The number of carbonyl (C=O) groups excluding carboxylic acids is 1. The van der Waals surface area contributed by atoms with Crippen molar-refractivity contribution in [2.45, 2.75) is 51.6 Å². The highest BCUT2D eigenvalue weighted by atomic mass is 32.2. The molecule has 3 rings (SSSR count). The highest BCUT2D eigenvalue weighted by Gasteiger charge is 2.15. The number of rotatable bonds is 8. The van der Waals surface area contributed by atoms with Gasteiger partial charge < -0.3 is 13.8 Å². The van der Waals surface area contributed by atoms with Crippen molar-refractivity contribution in [3.63, 3.8) is 0 Å². The van der Waals surface area contributed by atoms with Gasteiger partial charge in [0.2, 0.25) is 5.89 Å². The van der Waals surface area contributed by atoms with E-state index in [0.717, 1.165) is 35.0 Å². The summed E-state index contributed by atoms with van der Waals surface area (Å²) in [4.78, 5) is 21.1. The van der Waals surface area contributed by atoms with Crippen LogP contribution in [0.15, 0.2) is 27.9 Å². The van der Waals surface area contributed by atoms with Crippen molar-refractivity contribution in [1.82, 2.24) is 19.7 Å². The molecule has 0 N–H and O–H groups in total. The molecular formula is C19H24N4O3S. The number of esters is 1. The second kappa shape index (κ2) is 8.56. The van der Waals surface area contributed by atoms with Gasteiger partial charge in [0.05, 0.1) is 29.0 Å². The van der Waals surface area contributed by atoms with Crippen molar-refractivity contribution in [3.05, 3.63) is 35.5 Å². The van der Waals surface area contributed by atoms with Crippen molar-refractivity contribution in [3.8, 4) is 0 Å². The molecule has 0 unspecified atom stereocenters. The summed E-state index contributed by atoms with van der Waals surface area (Å²) >= 11 is 1.55. The third-order valence-electron chi connectivity index (χ3n) is 3.97. The molecule has 0 fully saturated rings. The molecule has 0 amide bonds. The summed E-state index contributed by atoms with van der Waals surface area (Å²) in [6.07, 6.45) is 0.804. The molecule has 0 bridgehead atoms. The van der Waals surface area contributed by atoms with E-state index in [2.05, 4.69) is 40.5 Å².